The van der Waals surface area contributed by atoms with E-state index < -0.39 is 0 Å². The molecule has 1 N–H and O–H groups in total. The van der Waals surface area contributed by atoms with Gasteiger partial charge in [-0.15, -0.1) is 10.2 Å². The van der Waals surface area contributed by atoms with Gasteiger partial charge in [0.05, 0.1) is 0 Å². The molecule has 0 spiro atoms. The Bertz CT molecular complexity index is 744. The lowest BCUT2D eigenvalue weighted by atomic mass is 10.0. The van der Waals surface area contributed by atoms with Gasteiger partial charge in [-0.2, -0.15) is 0 Å². The van der Waals surface area contributed by atoms with Crippen LogP contribution in [0.3, 0.4) is 0 Å². The van der Waals surface area contributed by atoms with Crippen molar-refractivity contribution in [2.75, 3.05) is 5.32 Å². The standard InChI is InChI=1S/C21H28N4O/c26-20(14-9-16-6-3-4-7-16)22-18-12-10-17(11-13-18)21-24-23-19-8-2-1-5-15-25(19)21/h10-13,16H,1-9,14-15H2,(H,22,26). The average Bonchev–Trinajstić information content (AvgIpc) is 3.26. The Hall–Kier alpha value is -2.17. The smallest absolute Gasteiger partial charge is 0.224 e. The van der Waals surface area contributed by atoms with Gasteiger partial charge >= 0.3 is 0 Å². The third-order valence-electron chi connectivity index (χ3n) is 5.79. The molecule has 1 aliphatic carbocycles. The summed E-state index contributed by atoms with van der Waals surface area (Å²) in [5.74, 6) is 2.93. The number of nitrogens with zero attached hydrogens (tertiary/aromatic N) is 3. The molecule has 26 heavy (non-hydrogen) atoms. The molecule has 0 atom stereocenters. The predicted molar refractivity (Wildman–Crippen MR) is 103 cm³/mol. The number of carbonyl (C=O) groups is 1. The summed E-state index contributed by atoms with van der Waals surface area (Å²) in [5, 5.41) is 11.8. The quantitative estimate of drug-likeness (QED) is 0.857. The number of fused-ring (bicyclic) bond motifs is 1. The van der Waals surface area contributed by atoms with Crippen LogP contribution in [0.25, 0.3) is 11.4 Å². The van der Waals surface area contributed by atoms with Crippen molar-refractivity contribution in [1.82, 2.24) is 14.8 Å². The number of benzene rings is 1. The van der Waals surface area contributed by atoms with Crippen molar-refractivity contribution in [3.05, 3.63) is 30.1 Å². The van der Waals surface area contributed by atoms with E-state index in [1.165, 1.54) is 44.9 Å². The zero-order valence-corrected chi connectivity index (χ0v) is 15.4. The zero-order chi connectivity index (χ0) is 17.8. The average molecular weight is 352 g/mol. The third-order valence-corrected chi connectivity index (χ3v) is 5.79. The molecule has 1 aromatic heterocycles. The molecule has 0 saturated heterocycles. The van der Waals surface area contributed by atoms with Crippen molar-refractivity contribution in [3.63, 3.8) is 0 Å². The number of hydrogen-bond acceptors (Lipinski definition) is 3. The largest absolute Gasteiger partial charge is 0.326 e. The van der Waals surface area contributed by atoms with Crippen molar-refractivity contribution in [2.24, 2.45) is 5.92 Å². The number of carbonyl (C=O) groups excluding carboxylic acids is 1. The molecule has 2 aromatic rings. The molecule has 1 saturated carbocycles. The zero-order valence-electron chi connectivity index (χ0n) is 15.4. The Morgan fingerprint density at radius 1 is 1.04 bits per heavy atom. The minimum absolute atomic E-state index is 0.126. The molecule has 4 rings (SSSR count). The van der Waals surface area contributed by atoms with Crippen LogP contribution >= 0.6 is 0 Å². The van der Waals surface area contributed by atoms with E-state index in [9.17, 15) is 4.79 Å². The highest BCUT2D eigenvalue weighted by molar-refractivity contribution is 5.90. The first kappa shape index (κ1) is 17.3. The number of rotatable bonds is 5. The highest BCUT2D eigenvalue weighted by atomic mass is 16.1. The van der Waals surface area contributed by atoms with Gasteiger partial charge in [-0.3, -0.25) is 4.79 Å². The molecule has 0 bridgehead atoms. The second-order valence-corrected chi connectivity index (χ2v) is 7.72. The molecule has 0 radical (unpaired) electrons. The van der Waals surface area contributed by atoms with Gasteiger partial charge in [0.15, 0.2) is 5.82 Å². The van der Waals surface area contributed by atoms with Crippen molar-refractivity contribution >= 4 is 11.6 Å². The van der Waals surface area contributed by atoms with Crippen molar-refractivity contribution in [2.45, 2.75) is 70.8 Å². The molecule has 0 unspecified atom stereocenters. The van der Waals surface area contributed by atoms with Crippen LogP contribution in [0.15, 0.2) is 24.3 Å². The molecule has 2 aliphatic rings. The highest BCUT2D eigenvalue weighted by Gasteiger charge is 2.17. The topological polar surface area (TPSA) is 59.8 Å². The Labute approximate surface area is 155 Å². The summed E-state index contributed by atoms with van der Waals surface area (Å²) in [6, 6.07) is 8.02. The fraction of sp³-hybridized carbons (Fsp3) is 0.571. The van der Waals surface area contributed by atoms with E-state index in [4.69, 9.17) is 0 Å². The van der Waals surface area contributed by atoms with Crippen LogP contribution in [0.5, 0.6) is 0 Å². The molecule has 1 amide bonds. The fourth-order valence-corrected chi connectivity index (χ4v) is 4.26. The van der Waals surface area contributed by atoms with Gasteiger partial charge < -0.3 is 9.88 Å². The van der Waals surface area contributed by atoms with Gasteiger partial charge in [-0.05, 0) is 49.4 Å². The first-order chi connectivity index (χ1) is 12.8. The molecule has 1 fully saturated rings. The predicted octanol–water partition coefficient (Wildman–Crippen LogP) is 4.58. The summed E-state index contributed by atoms with van der Waals surface area (Å²) < 4.78 is 2.25. The van der Waals surface area contributed by atoms with Crippen LogP contribution in [0, 0.1) is 5.92 Å². The summed E-state index contributed by atoms with van der Waals surface area (Å²) in [6.45, 7) is 0.997. The monoisotopic (exact) mass is 352 g/mol. The van der Waals surface area contributed by atoms with E-state index in [2.05, 4.69) is 20.1 Å². The molecule has 5 heteroatoms. The number of aromatic nitrogens is 3. The van der Waals surface area contributed by atoms with Crippen LogP contribution in [0.4, 0.5) is 5.69 Å². The summed E-state index contributed by atoms with van der Waals surface area (Å²) >= 11 is 0. The second kappa shape index (κ2) is 8.02. The van der Waals surface area contributed by atoms with Crippen LogP contribution in [-0.4, -0.2) is 20.7 Å². The Morgan fingerprint density at radius 3 is 2.65 bits per heavy atom. The lowest BCUT2D eigenvalue weighted by Gasteiger charge is -2.10. The SMILES string of the molecule is O=C(CCC1CCCC1)Nc1ccc(-c2nnc3n2CCCCC3)cc1. The van der Waals surface area contributed by atoms with Crippen LogP contribution in [0.1, 0.15) is 63.6 Å². The van der Waals surface area contributed by atoms with Crippen molar-refractivity contribution in [3.8, 4) is 11.4 Å². The lowest BCUT2D eigenvalue weighted by Crippen LogP contribution is -2.12. The fourth-order valence-electron chi connectivity index (χ4n) is 4.26. The maximum absolute atomic E-state index is 12.2. The lowest BCUT2D eigenvalue weighted by molar-refractivity contribution is -0.116. The van der Waals surface area contributed by atoms with Crippen LogP contribution < -0.4 is 5.32 Å². The summed E-state index contributed by atoms with van der Waals surface area (Å²) in [4.78, 5) is 12.2. The second-order valence-electron chi connectivity index (χ2n) is 7.72. The van der Waals surface area contributed by atoms with E-state index in [1.54, 1.807) is 0 Å². The van der Waals surface area contributed by atoms with Gasteiger partial charge in [0.25, 0.3) is 0 Å². The summed E-state index contributed by atoms with van der Waals surface area (Å²) in [7, 11) is 0. The van der Waals surface area contributed by atoms with E-state index >= 15 is 0 Å². The van der Waals surface area contributed by atoms with Crippen molar-refractivity contribution < 1.29 is 4.79 Å². The first-order valence-electron chi connectivity index (χ1n) is 10.1. The molecule has 5 nitrogen and oxygen atoms in total. The maximum Gasteiger partial charge on any atom is 0.224 e. The first-order valence-corrected chi connectivity index (χ1v) is 10.1. The molecule has 138 valence electrons. The van der Waals surface area contributed by atoms with Crippen LogP contribution in [0.2, 0.25) is 0 Å². The normalized spacial score (nSPS) is 17.7. The molecule has 1 aliphatic heterocycles. The van der Waals surface area contributed by atoms with E-state index in [1.807, 2.05) is 24.3 Å². The highest BCUT2D eigenvalue weighted by Crippen LogP contribution is 2.29. The Kier molecular flexibility index (Phi) is 5.32. The molecular weight excluding hydrogens is 324 g/mol. The molecular formula is C21H28N4O. The van der Waals surface area contributed by atoms with Crippen LogP contribution in [-0.2, 0) is 17.8 Å². The minimum Gasteiger partial charge on any atom is -0.326 e. The number of anilines is 1. The van der Waals surface area contributed by atoms with Gasteiger partial charge in [0, 0.05) is 30.6 Å². The number of hydrogen-bond donors (Lipinski definition) is 1. The minimum atomic E-state index is 0.126. The number of nitrogens with one attached hydrogen (secondary N) is 1. The Morgan fingerprint density at radius 2 is 1.85 bits per heavy atom. The maximum atomic E-state index is 12.2. The Balaban J connectivity index is 1.37. The van der Waals surface area contributed by atoms with Crippen molar-refractivity contribution in [1.29, 1.82) is 0 Å². The van der Waals surface area contributed by atoms with Gasteiger partial charge in [-0.25, -0.2) is 0 Å². The summed E-state index contributed by atoms with van der Waals surface area (Å²) in [5.41, 5.74) is 1.93. The van der Waals surface area contributed by atoms with E-state index in [-0.39, 0.29) is 5.91 Å². The number of aryl methyl sites for hydroxylation is 1. The van der Waals surface area contributed by atoms with Gasteiger partial charge in [0.1, 0.15) is 5.82 Å². The van der Waals surface area contributed by atoms with E-state index in [0.717, 1.165) is 48.2 Å². The molecule has 1 aromatic carbocycles. The van der Waals surface area contributed by atoms with Gasteiger partial charge in [0.2, 0.25) is 5.91 Å². The van der Waals surface area contributed by atoms with E-state index in [0.29, 0.717) is 6.42 Å². The molecule has 2 heterocycles. The number of amides is 1. The summed E-state index contributed by atoms with van der Waals surface area (Å²) in [6.07, 6.45) is 11.6. The van der Waals surface area contributed by atoms with Gasteiger partial charge in [-0.1, -0.05) is 32.1 Å². The third kappa shape index (κ3) is 3.97.